The first kappa shape index (κ1) is 24.5. The first-order valence-electron chi connectivity index (χ1n) is 11.4. The van der Waals surface area contributed by atoms with E-state index < -0.39 is 6.04 Å². The highest BCUT2D eigenvalue weighted by Crippen LogP contribution is 2.30. The molecule has 0 aliphatic carbocycles. The van der Waals surface area contributed by atoms with E-state index in [0.717, 1.165) is 11.1 Å². The maximum atomic E-state index is 13.4. The summed E-state index contributed by atoms with van der Waals surface area (Å²) in [5.74, 6) is 1.27. The van der Waals surface area contributed by atoms with E-state index in [0.29, 0.717) is 34.1 Å². The molecule has 1 atom stereocenters. The summed E-state index contributed by atoms with van der Waals surface area (Å²) in [6, 6.07) is 19.0. The Morgan fingerprint density at radius 2 is 1.58 bits per heavy atom. The van der Waals surface area contributed by atoms with Crippen LogP contribution in [0.3, 0.4) is 0 Å². The number of carbonyl (C=O) groups is 2. The highest BCUT2D eigenvalue weighted by atomic mass is 16.5. The van der Waals surface area contributed by atoms with Crippen LogP contribution in [0.25, 0.3) is 0 Å². The highest BCUT2D eigenvalue weighted by Gasteiger charge is 2.23. The van der Waals surface area contributed by atoms with Crippen LogP contribution < -0.4 is 20.1 Å². The summed E-state index contributed by atoms with van der Waals surface area (Å²) in [4.78, 5) is 30.6. The molecule has 0 aliphatic rings. The monoisotopic (exact) mass is 484 g/mol. The Balaban J connectivity index is 1.64. The molecule has 2 amide bonds. The Labute approximate surface area is 209 Å². The molecular formula is C28H28N4O4. The van der Waals surface area contributed by atoms with E-state index in [1.165, 1.54) is 0 Å². The molecule has 0 fully saturated rings. The number of hydrogen-bond donors (Lipinski definition) is 2. The van der Waals surface area contributed by atoms with Crippen molar-refractivity contribution in [1.29, 1.82) is 0 Å². The number of amides is 2. The van der Waals surface area contributed by atoms with Crippen molar-refractivity contribution in [2.24, 2.45) is 7.05 Å². The van der Waals surface area contributed by atoms with Gasteiger partial charge in [-0.1, -0.05) is 24.3 Å². The number of rotatable bonds is 8. The zero-order valence-corrected chi connectivity index (χ0v) is 20.6. The van der Waals surface area contributed by atoms with Gasteiger partial charge in [-0.05, 0) is 54.4 Å². The molecule has 3 aromatic carbocycles. The average molecular weight is 485 g/mol. The molecule has 2 N–H and O–H groups in total. The van der Waals surface area contributed by atoms with Crippen LogP contribution >= 0.6 is 0 Å². The Morgan fingerprint density at radius 1 is 0.889 bits per heavy atom. The molecule has 8 heteroatoms. The van der Waals surface area contributed by atoms with Gasteiger partial charge in [0.25, 0.3) is 11.8 Å². The van der Waals surface area contributed by atoms with E-state index in [1.807, 2.05) is 42.9 Å². The van der Waals surface area contributed by atoms with Gasteiger partial charge in [0.05, 0.1) is 14.2 Å². The topological polar surface area (TPSA) is 94.5 Å². The van der Waals surface area contributed by atoms with Gasteiger partial charge in [-0.25, -0.2) is 4.98 Å². The van der Waals surface area contributed by atoms with E-state index in [2.05, 4.69) is 15.6 Å². The zero-order chi connectivity index (χ0) is 25.7. The number of aryl methyl sites for hydroxylation is 2. The van der Waals surface area contributed by atoms with Crippen LogP contribution in [0.1, 0.15) is 43.7 Å². The van der Waals surface area contributed by atoms with Crippen LogP contribution in [0.5, 0.6) is 11.5 Å². The molecule has 4 rings (SSSR count). The molecule has 1 unspecified atom stereocenters. The van der Waals surface area contributed by atoms with Gasteiger partial charge in [0.2, 0.25) is 0 Å². The number of nitrogens with zero attached hydrogens (tertiary/aromatic N) is 2. The van der Waals surface area contributed by atoms with Crippen molar-refractivity contribution in [2.45, 2.75) is 13.0 Å². The summed E-state index contributed by atoms with van der Waals surface area (Å²) in [6.07, 6.45) is 3.49. The maximum absolute atomic E-state index is 13.4. The molecule has 8 nitrogen and oxygen atoms in total. The third kappa shape index (κ3) is 5.38. The lowest BCUT2D eigenvalue weighted by atomic mass is 10.0. The fraction of sp³-hybridized carbons (Fsp3) is 0.179. The molecule has 0 spiro atoms. The number of ether oxygens (including phenoxy) is 2. The summed E-state index contributed by atoms with van der Waals surface area (Å²) >= 11 is 0. The molecule has 0 saturated heterocycles. The molecule has 36 heavy (non-hydrogen) atoms. The number of hydrogen-bond acceptors (Lipinski definition) is 5. The lowest BCUT2D eigenvalue weighted by Gasteiger charge is -2.21. The van der Waals surface area contributed by atoms with Gasteiger partial charge in [-0.2, -0.15) is 0 Å². The molecule has 1 heterocycles. The number of imidazole rings is 1. The van der Waals surface area contributed by atoms with Crippen molar-refractivity contribution in [3.63, 3.8) is 0 Å². The highest BCUT2D eigenvalue weighted by molar-refractivity contribution is 6.05. The van der Waals surface area contributed by atoms with E-state index in [-0.39, 0.29) is 11.8 Å². The van der Waals surface area contributed by atoms with Crippen molar-refractivity contribution in [3.05, 3.63) is 107 Å². The van der Waals surface area contributed by atoms with E-state index in [1.54, 1.807) is 68.9 Å². The number of anilines is 1. The summed E-state index contributed by atoms with van der Waals surface area (Å²) < 4.78 is 12.7. The normalized spacial score (nSPS) is 11.4. The Hall–Kier alpha value is -4.59. The summed E-state index contributed by atoms with van der Waals surface area (Å²) in [7, 11) is 5.01. The minimum atomic E-state index is -0.579. The Bertz CT molecular complexity index is 1360. The van der Waals surface area contributed by atoms with Gasteiger partial charge < -0.3 is 24.7 Å². The van der Waals surface area contributed by atoms with Gasteiger partial charge >= 0.3 is 0 Å². The second-order valence-electron chi connectivity index (χ2n) is 8.30. The minimum Gasteiger partial charge on any atom is -0.497 e. The van der Waals surface area contributed by atoms with Crippen molar-refractivity contribution in [1.82, 2.24) is 14.9 Å². The standard InChI is InChI=1S/C28H28N4O4/c1-18-10-11-20(16-24(18)30-27(33)19-8-6-5-7-9-19)28(34)31-25(26-29-12-13-32(26)2)21-14-22(35-3)17-23(15-21)36-4/h5-17,25H,1-4H3,(H,30,33)(H,31,34). The largest absolute Gasteiger partial charge is 0.497 e. The quantitative estimate of drug-likeness (QED) is 0.384. The van der Waals surface area contributed by atoms with Crippen LogP contribution in [0, 0.1) is 6.92 Å². The van der Waals surface area contributed by atoms with Crippen LogP contribution in [0.4, 0.5) is 5.69 Å². The molecule has 4 aromatic rings. The van der Waals surface area contributed by atoms with Gasteiger partial charge in [0, 0.05) is 42.3 Å². The summed E-state index contributed by atoms with van der Waals surface area (Å²) in [5, 5.41) is 5.99. The number of carbonyl (C=O) groups excluding carboxylic acids is 2. The fourth-order valence-corrected chi connectivity index (χ4v) is 3.84. The van der Waals surface area contributed by atoms with Gasteiger partial charge in [-0.3, -0.25) is 9.59 Å². The Kier molecular flexibility index (Phi) is 7.34. The predicted octanol–water partition coefficient (Wildman–Crippen LogP) is 4.52. The third-order valence-corrected chi connectivity index (χ3v) is 5.88. The lowest BCUT2D eigenvalue weighted by molar-refractivity contribution is 0.0939. The summed E-state index contributed by atoms with van der Waals surface area (Å²) in [6.45, 7) is 1.88. The first-order chi connectivity index (χ1) is 17.4. The minimum absolute atomic E-state index is 0.245. The maximum Gasteiger partial charge on any atom is 0.255 e. The van der Waals surface area contributed by atoms with Crippen LogP contribution in [0.15, 0.2) is 79.1 Å². The van der Waals surface area contributed by atoms with Crippen molar-refractivity contribution in [2.75, 3.05) is 19.5 Å². The molecule has 0 saturated carbocycles. The lowest BCUT2D eigenvalue weighted by Crippen LogP contribution is -2.31. The Morgan fingerprint density at radius 3 is 2.19 bits per heavy atom. The second-order valence-corrected chi connectivity index (χ2v) is 8.30. The number of aromatic nitrogens is 2. The second kappa shape index (κ2) is 10.8. The smallest absolute Gasteiger partial charge is 0.255 e. The average Bonchev–Trinajstić information content (AvgIpc) is 3.33. The molecule has 184 valence electrons. The molecular weight excluding hydrogens is 456 g/mol. The fourth-order valence-electron chi connectivity index (χ4n) is 3.84. The SMILES string of the molecule is COc1cc(OC)cc(C(NC(=O)c2ccc(C)c(NC(=O)c3ccccc3)c2)c2nccn2C)c1. The number of benzene rings is 3. The van der Waals surface area contributed by atoms with Crippen LogP contribution in [-0.2, 0) is 7.05 Å². The molecule has 0 bridgehead atoms. The van der Waals surface area contributed by atoms with E-state index in [4.69, 9.17) is 9.47 Å². The summed E-state index contributed by atoms with van der Waals surface area (Å²) in [5.41, 5.74) is 3.09. The van der Waals surface area contributed by atoms with Gasteiger partial charge in [-0.15, -0.1) is 0 Å². The molecule has 0 radical (unpaired) electrons. The van der Waals surface area contributed by atoms with Gasteiger partial charge in [0.1, 0.15) is 23.4 Å². The third-order valence-electron chi connectivity index (χ3n) is 5.88. The van der Waals surface area contributed by atoms with Crippen LogP contribution in [-0.4, -0.2) is 35.6 Å². The molecule has 1 aromatic heterocycles. The van der Waals surface area contributed by atoms with E-state index in [9.17, 15) is 9.59 Å². The first-order valence-corrected chi connectivity index (χ1v) is 11.4. The van der Waals surface area contributed by atoms with E-state index >= 15 is 0 Å². The van der Waals surface area contributed by atoms with Crippen LogP contribution in [0.2, 0.25) is 0 Å². The zero-order valence-electron chi connectivity index (χ0n) is 20.6. The van der Waals surface area contributed by atoms with Crippen molar-refractivity contribution in [3.8, 4) is 11.5 Å². The number of nitrogens with one attached hydrogen (secondary N) is 2. The van der Waals surface area contributed by atoms with Crippen molar-refractivity contribution >= 4 is 17.5 Å². The predicted molar refractivity (Wildman–Crippen MR) is 138 cm³/mol. The number of methoxy groups -OCH3 is 2. The molecule has 0 aliphatic heterocycles. The van der Waals surface area contributed by atoms with Gasteiger partial charge in [0.15, 0.2) is 0 Å². The van der Waals surface area contributed by atoms with Crippen molar-refractivity contribution < 1.29 is 19.1 Å².